The van der Waals surface area contributed by atoms with E-state index in [0.29, 0.717) is 29.2 Å². The van der Waals surface area contributed by atoms with E-state index in [0.717, 1.165) is 28.4 Å². The first-order valence-electron chi connectivity index (χ1n) is 8.24. The van der Waals surface area contributed by atoms with Crippen molar-refractivity contribution in [1.82, 2.24) is 9.88 Å². The van der Waals surface area contributed by atoms with Crippen LogP contribution in [-0.2, 0) is 0 Å². The molecule has 4 rings (SSSR count). The number of aromatic nitrogens is 1. The van der Waals surface area contributed by atoms with E-state index >= 15 is 0 Å². The highest BCUT2D eigenvalue weighted by Gasteiger charge is 2.24. The van der Waals surface area contributed by atoms with Gasteiger partial charge in [0.15, 0.2) is 5.13 Å². The van der Waals surface area contributed by atoms with Crippen molar-refractivity contribution < 1.29 is 4.79 Å². The maximum absolute atomic E-state index is 12.6. The number of nitrogens with zero attached hydrogens (tertiary/aromatic N) is 4. The van der Waals surface area contributed by atoms with Gasteiger partial charge in [-0.2, -0.15) is 5.26 Å². The van der Waals surface area contributed by atoms with Gasteiger partial charge in [0.25, 0.3) is 5.91 Å². The molecule has 3 aromatic rings. The first-order chi connectivity index (χ1) is 12.6. The Labute approximate surface area is 160 Å². The monoisotopic (exact) mass is 382 g/mol. The van der Waals surface area contributed by atoms with E-state index in [1.807, 2.05) is 23.1 Å². The summed E-state index contributed by atoms with van der Waals surface area (Å²) in [6.45, 7) is 2.79. The number of carbonyl (C=O) groups excluding carboxylic acids is 1. The standard InChI is InChI=1S/C19H15ClN4OS/c20-15-5-6-16-17(11-15)26-19(22-16)24-9-7-23(8-10-24)18(25)14-3-1-13(12-21)2-4-14/h1-6,11H,7-10H2. The Morgan fingerprint density at radius 3 is 2.54 bits per heavy atom. The first kappa shape index (κ1) is 16.8. The molecular weight excluding hydrogens is 368 g/mol. The van der Waals surface area contributed by atoms with E-state index in [1.165, 1.54) is 0 Å². The molecule has 2 heterocycles. The number of benzene rings is 2. The predicted octanol–water partition coefficient (Wildman–Crippen LogP) is 3.78. The smallest absolute Gasteiger partial charge is 0.253 e. The zero-order chi connectivity index (χ0) is 18.1. The lowest BCUT2D eigenvalue weighted by atomic mass is 10.1. The normalized spacial score (nSPS) is 14.5. The van der Waals surface area contributed by atoms with Crippen LogP contribution in [0.15, 0.2) is 42.5 Å². The van der Waals surface area contributed by atoms with Crippen LogP contribution in [0, 0.1) is 11.3 Å². The number of hydrogen-bond acceptors (Lipinski definition) is 5. The minimum absolute atomic E-state index is 0.00483. The summed E-state index contributed by atoms with van der Waals surface area (Å²) in [7, 11) is 0. The Morgan fingerprint density at radius 2 is 1.85 bits per heavy atom. The molecule has 0 radical (unpaired) electrons. The molecule has 1 saturated heterocycles. The van der Waals surface area contributed by atoms with Crippen LogP contribution in [-0.4, -0.2) is 42.0 Å². The van der Waals surface area contributed by atoms with Gasteiger partial charge in [-0.1, -0.05) is 22.9 Å². The number of anilines is 1. The van der Waals surface area contributed by atoms with E-state index in [2.05, 4.69) is 16.0 Å². The summed E-state index contributed by atoms with van der Waals surface area (Å²) < 4.78 is 1.07. The number of amides is 1. The Hall–Kier alpha value is -2.62. The average molecular weight is 383 g/mol. The zero-order valence-electron chi connectivity index (χ0n) is 13.9. The van der Waals surface area contributed by atoms with Gasteiger partial charge in [-0.05, 0) is 42.5 Å². The highest BCUT2D eigenvalue weighted by atomic mass is 35.5. The fourth-order valence-corrected chi connectivity index (χ4v) is 4.29. The van der Waals surface area contributed by atoms with Gasteiger partial charge in [-0.25, -0.2) is 4.98 Å². The third-order valence-electron chi connectivity index (χ3n) is 4.44. The number of carbonyl (C=O) groups is 1. The molecule has 7 heteroatoms. The molecule has 1 amide bonds. The van der Waals surface area contributed by atoms with E-state index in [9.17, 15) is 4.79 Å². The van der Waals surface area contributed by atoms with Crippen LogP contribution >= 0.6 is 22.9 Å². The number of rotatable bonds is 2. The van der Waals surface area contributed by atoms with Crippen molar-refractivity contribution in [1.29, 1.82) is 5.26 Å². The summed E-state index contributed by atoms with van der Waals surface area (Å²) in [5, 5.41) is 10.5. The number of halogens is 1. The minimum atomic E-state index is 0.00483. The second-order valence-corrected chi connectivity index (χ2v) is 7.52. The molecule has 0 unspecified atom stereocenters. The molecule has 1 aromatic heterocycles. The summed E-state index contributed by atoms with van der Waals surface area (Å²) in [4.78, 5) is 21.4. The van der Waals surface area contributed by atoms with Crippen LogP contribution in [0.3, 0.4) is 0 Å². The molecule has 1 aliphatic heterocycles. The Balaban J connectivity index is 1.44. The van der Waals surface area contributed by atoms with Crippen molar-refractivity contribution in [2.75, 3.05) is 31.1 Å². The van der Waals surface area contributed by atoms with E-state index in [4.69, 9.17) is 16.9 Å². The summed E-state index contributed by atoms with van der Waals surface area (Å²) in [5.74, 6) is 0.00483. The third kappa shape index (κ3) is 3.24. The van der Waals surface area contributed by atoms with Gasteiger partial charge in [0.2, 0.25) is 0 Å². The molecule has 5 nitrogen and oxygen atoms in total. The fraction of sp³-hybridized carbons (Fsp3) is 0.211. The number of piperazine rings is 1. The SMILES string of the molecule is N#Cc1ccc(C(=O)N2CCN(c3nc4ccc(Cl)cc4s3)CC2)cc1. The van der Waals surface area contributed by atoms with Crippen molar-refractivity contribution in [2.24, 2.45) is 0 Å². The van der Waals surface area contributed by atoms with E-state index in [1.54, 1.807) is 35.6 Å². The maximum atomic E-state index is 12.6. The molecule has 0 N–H and O–H groups in total. The van der Waals surface area contributed by atoms with Gasteiger partial charge in [0.05, 0.1) is 21.8 Å². The van der Waals surface area contributed by atoms with Crippen molar-refractivity contribution in [2.45, 2.75) is 0 Å². The van der Waals surface area contributed by atoms with Crippen LogP contribution in [0.5, 0.6) is 0 Å². The second-order valence-electron chi connectivity index (χ2n) is 6.08. The maximum Gasteiger partial charge on any atom is 0.253 e. The molecule has 0 saturated carbocycles. The molecule has 0 spiro atoms. The van der Waals surface area contributed by atoms with E-state index < -0.39 is 0 Å². The third-order valence-corrected chi connectivity index (χ3v) is 5.75. The molecule has 0 aliphatic carbocycles. The van der Waals surface area contributed by atoms with Gasteiger partial charge < -0.3 is 9.80 Å². The summed E-state index contributed by atoms with van der Waals surface area (Å²) in [6.07, 6.45) is 0. The highest BCUT2D eigenvalue weighted by Crippen LogP contribution is 2.31. The Morgan fingerprint density at radius 1 is 1.12 bits per heavy atom. The van der Waals surface area contributed by atoms with Gasteiger partial charge >= 0.3 is 0 Å². The predicted molar refractivity (Wildman–Crippen MR) is 104 cm³/mol. The summed E-state index contributed by atoms with van der Waals surface area (Å²) in [6, 6.07) is 14.6. The second kappa shape index (κ2) is 6.94. The zero-order valence-corrected chi connectivity index (χ0v) is 15.4. The van der Waals surface area contributed by atoms with Gasteiger partial charge in [-0.15, -0.1) is 0 Å². The van der Waals surface area contributed by atoms with Crippen molar-refractivity contribution in [3.05, 3.63) is 58.6 Å². The van der Waals surface area contributed by atoms with Crippen LogP contribution in [0.4, 0.5) is 5.13 Å². The number of fused-ring (bicyclic) bond motifs is 1. The number of nitriles is 1. The van der Waals surface area contributed by atoms with Crippen LogP contribution < -0.4 is 4.90 Å². The number of hydrogen-bond donors (Lipinski definition) is 0. The summed E-state index contributed by atoms with van der Waals surface area (Å²) in [5.41, 5.74) is 2.12. The molecule has 1 fully saturated rings. The minimum Gasteiger partial charge on any atom is -0.345 e. The molecule has 26 heavy (non-hydrogen) atoms. The van der Waals surface area contributed by atoms with Gasteiger partial charge in [0.1, 0.15) is 0 Å². The molecule has 2 aromatic carbocycles. The topological polar surface area (TPSA) is 60.2 Å². The highest BCUT2D eigenvalue weighted by molar-refractivity contribution is 7.22. The number of thiazole rings is 1. The lowest BCUT2D eigenvalue weighted by Crippen LogP contribution is -2.48. The van der Waals surface area contributed by atoms with E-state index in [-0.39, 0.29) is 5.91 Å². The van der Waals surface area contributed by atoms with Crippen LogP contribution in [0.1, 0.15) is 15.9 Å². The Kier molecular flexibility index (Phi) is 4.49. The lowest BCUT2D eigenvalue weighted by Gasteiger charge is -2.34. The fourth-order valence-electron chi connectivity index (χ4n) is 2.99. The van der Waals surface area contributed by atoms with Crippen LogP contribution in [0.25, 0.3) is 10.2 Å². The summed E-state index contributed by atoms with van der Waals surface area (Å²) >= 11 is 7.67. The van der Waals surface area contributed by atoms with Crippen LogP contribution in [0.2, 0.25) is 5.02 Å². The average Bonchev–Trinajstić information content (AvgIpc) is 3.11. The molecule has 0 bridgehead atoms. The Bertz CT molecular complexity index is 1000. The molecular formula is C19H15ClN4OS. The lowest BCUT2D eigenvalue weighted by molar-refractivity contribution is 0.0747. The van der Waals surface area contributed by atoms with Crippen molar-refractivity contribution >= 4 is 44.2 Å². The molecule has 0 atom stereocenters. The van der Waals surface area contributed by atoms with Crippen molar-refractivity contribution in [3.8, 4) is 6.07 Å². The van der Waals surface area contributed by atoms with Gasteiger partial charge in [0, 0.05) is 36.8 Å². The van der Waals surface area contributed by atoms with Gasteiger partial charge in [-0.3, -0.25) is 4.79 Å². The first-order valence-corrected chi connectivity index (χ1v) is 9.44. The quantitative estimate of drug-likeness (QED) is 0.676. The molecule has 1 aliphatic rings. The molecule has 130 valence electrons. The largest absolute Gasteiger partial charge is 0.345 e. The van der Waals surface area contributed by atoms with Crippen molar-refractivity contribution in [3.63, 3.8) is 0 Å².